The van der Waals surface area contributed by atoms with Gasteiger partial charge in [-0.05, 0) is 12.8 Å². The lowest BCUT2D eigenvalue weighted by Crippen LogP contribution is -2.12. The summed E-state index contributed by atoms with van der Waals surface area (Å²) >= 11 is 0. The van der Waals surface area contributed by atoms with Crippen molar-refractivity contribution in [3.63, 3.8) is 0 Å². The zero-order valence-electron chi connectivity index (χ0n) is 9.93. The fourth-order valence-corrected chi connectivity index (χ4v) is 2.37. The van der Waals surface area contributed by atoms with Crippen LogP contribution in [0.1, 0.15) is 44.0 Å². The molecule has 1 heterocycles. The van der Waals surface area contributed by atoms with E-state index in [1.165, 1.54) is 12.8 Å². The van der Waals surface area contributed by atoms with Gasteiger partial charge in [-0.1, -0.05) is 17.9 Å². The van der Waals surface area contributed by atoms with Gasteiger partial charge in [-0.25, -0.2) is 0 Å². The van der Waals surface area contributed by atoms with Crippen molar-refractivity contribution in [2.24, 2.45) is 0 Å². The number of aryl methyl sites for hydroxylation is 1. The highest BCUT2D eigenvalue weighted by Gasteiger charge is 2.24. The van der Waals surface area contributed by atoms with Gasteiger partial charge < -0.3 is 9.84 Å². The van der Waals surface area contributed by atoms with Crippen molar-refractivity contribution < 1.29 is 14.6 Å². The highest BCUT2D eigenvalue weighted by molar-refractivity contribution is 5.66. The zero-order valence-corrected chi connectivity index (χ0v) is 9.93. The van der Waals surface area contributed by atoms with Crippen LogP contribution >= 0.6 is 0 Å². The molecule has 1 aliphatic carbocycles. The van der Waals surface area contributed by atoms with Crippen molar-refractivity contribution in [2.45, 2.75) is 44.6 Å². The average molecular weight is 239 g/mol. The van der Waals surface area contributed by atoms with Gasteiger partial charge in [-0.15, -0.1) is 5.10 Å². The predicted octanol–water partition coefficient (Wildman–Crippen LogP) is 1.42. The first-order chi connectivity index (χ1) is 8.22. The Morgan fingerprint density at radius 3 is 2.76 bits per heavy atom. The lowest BCUT2D eigenvalue weighted by Gasteiger charge is -2.15. The summed E-state index contributed by atoms with van der Waals surface area (Å²) in [5.74, 6) is -0.0962. The van der Waals surface area contributed by atoms with Gasteiger partial charge in [0.2, 0.25) is 0 Å². The monoisotopic (exact) mass is 239 g/mol. The SMILES string of the molecule is COc1nnc(CCC(=O)O)n1C1CCCC1. The molecule has 0 amide bonds. The summed E-state index contributed by atoms with van der Waals surface area (Å²) in [7, 11) is 1.57. The van der Waals surface area contributed by atoms with Crippen molar-refractivity contribution in [1.82, 2.24) is 14.8 Å². The van der Waals surface area contributed by atoms with Crippen LogP contribution in [0.25, 0.3) is 0 Å². The Bertz CT molecular complexity index is 397. The van der Waals surface area contributed by atoms with Gasteiger partial charge in [0.05, 0.1) is 13.5 Å². The third-order valence-corrected chi connectivity index (χ3v) is 3.17. The number of carboxylic acids is 1. The molecule has 0 saturated heterocycles. The summed E-state index contributed by atoms with van der Waals surface area (Å²) in [6.45, 7) is 0. The maximum absolute atomic E-state index is 10.6. The zero-order chi connectivity index (χ0) is 12.3. The number of hydrogen-bond acceptors (Lipinski definition) is 4. The molecule has 0 unspecified atom stereocenters. The Hall–Kier alpha value is -1.59. The molecule has 1 saturated carbocycles. The number of aliphatic carboxylic acids is 1. The normalized spacial score (nSPS) is 16.3. The van der Waals surface area contributed by atoms with Crippen molar-refractivity contribution in [1.29, 1.82) is 0 Å². The van der Waals surface area contributed by atoms with Crippen LogP contribution in [0.2, 0.25) is 0 Å². The largest absolute Gasteiger partial charge is 0.481 e. The molecule has 0 radical (unpaired) electrons. The maximum atomic E-state index is 10.6. The first-order valence-corrected chi connectivity index (χ1v) is 5.92. The quantitative estimate of drug-likeness (QED) is 0.840. The van der Waals surface area contributed by atoms with E-state index < -0.39 is 5.97 Å². The molecule has 0 spiro atoms. The van der Waals surface area contributed by atoms with Crippen molar-refractivity contribution in [2.75, 3.05) is 7.11 Å². The minimum Gasteiger partial charge on any atom is -0.481 e. The molecule has 6 nitrogen and oxygen atoms in total. The van der Waals surface area contributed by atoms with Crippen molar-refractivity contribution in [3.8, 4) is 6.01 Å². The third-order valence-electron chi connectivity index (χ3n) is 3.17. The van der Waals surface area contributed by atoms with Crippen LogP contribution in [0.5, 0.6) is 6.01 Å². The molecular formula is C11H17N3O3. The molecule has 17 heavy (non-hydrogen) atoms. The Labute approximate surface area is 99.6 Å². The number of rotatable bonds is 5. The first kappa shape index (κ1) is 11.9. The Morgan fingerprint density at radius 1 is 1.47 bits per heavy atom. The van der Waals surface area contributed by atoms with Crippen LogP contribution in [0.4, 0.5) is 0 Å². The Balaban J connectivity index is 2.19. The molecule has 1 fully saturated rings. The highest BCUT2D eigenvalue weighted by Crippen LogP contribution is 2.33. The molecule has 0 aliphatic heterocycles. The number of aromatic nitrogens is 3. The van der Waals surface area contributed by atoms with Crippen LogP contribution < -0.4 is 4.74 Å². The van der Waals surface area contributed by atoms with E-state index in [2.05, 4.69) is 10.2 Å². The number of carbonyl (C=O) groups is 1. The standard InChI is InChI=1S/C11H17N3O3/c1-17-11-13-12-9(6-7-10(15)16)14(11)8-4-2-3-5-8/h8H,2-7H2,1H3,(H,15,16). The summed E-state index contributed by atoms with van der Waals surface area (Å²) in [4.78, 5) is 10.6. The molecule has 94 valence electrons. The predicted molar refractivity (Wildman–Crippen MR) is 60.0 cm³/mol. The smallest absolute Gasteiger partial charge is 0.316 e. The van der Waals surface area contributed by atoms with Crippen molar-refractivity contribution >= 4 is 5.97 Å². The van der Waals surface area contributed by atoms with Gasteiger partial charge in [0.1, 0.15) is 5.82 Å². The first-order valence-electron chi connectivity index (χ1n) is 5.92. The van der Waals surface area contributed by atoms with Crippen LogP contribution in [-0.2, 0) is 11.2 Å². The molecule has 0 atom stereocenters. The van der Waals surface area contributed by atoms with Gasteiger partial charge in [0.15, 0.2) is 0 Å². The van der Waals surface area contributed by atoms with E-state index in [4.69, 9.17) is 9.84 Å². The van der Waals surface area contributed by atoms with E-state index in [-0.39, 0.29) is 6.42 Å². The van der Waals surface area contributed by atoms with E-state index in [1.807, 2.05) is 4.57 Å². The number of ether oxygens (including phenoxy) is 1. The Kier molecular flexibility index (Phi) is 3.61. The molecule has 1 aliphatic rings. The molecule has 1 aromatic heterocycles. The fraction of sp³-hybridized carbons (Fsp3) is 0.727. The lowest BCUT2D eigenvalue weighted by atomic mass is 10.2. The van der Waals surface area contributed by atoms with Crippen LogP contribution in [0.3, 0.4) is 0 Å². The van der Waals surface area contributed by atoms with E-state index in [0.29, 0.717) is 18.5 Å². The van der Waals surface area contributed by atoms with Gasteiger partial charge in [-0.3, -0.25) is 9.36 Å². The fourth-order valence-electron chi connectivity index (χ4n) is 2.37. The molecule has 6 heteroatoms. The van der Waals surface area contributed by atoms with Crippen LogP contribution in [0, 0.1) is 0 Å². The second-order valence-electron chi connectivity index (χ2n) is 4.30. The molecule has 0 aromatic carbocycles. The molecule has 1 N–H and O–H groups in total. The maximum Gasteiger partial charge on any atom is 0.316 e. The van der Waals surface area contributed by atoms with Crippen LogP contribution in [-0.4, -0.2) is 33.0 Å². The summed E-state index contributed by atoms with van der Waals surface area (Å²) in [6, 6.07) is 0.862. The summed E-state index contributed by atoms with van der Waals surface area (Å²) in [5, 5.41) is 16.7. The number of nitrogens with zero attached hydrogens (tertiary/aromatic N) is 3. The number of hydrogen-bond donors (Lipinski definition) is 1. The van der Waals surface area contributed by atoms with E-state index in [9.17, 15) is 4.79 Å². The van der Waals surface area contributed by atoms with Crippen LogP contribution in [0.15, 0.2) is 0 Å². The number of methoxy groups -OCH3 is 1. The highest BCUT2D eigenvalue weighted by atomic mass is 16.5. The number of carboxylic acid groups (broad SMARTS) is 1. The Morgan fingerprint density at radius 2 is 2.18 bits per heavy atom. The molecule has 1 aromatic rings. The second-order valence-corrected chi connectivity index (χ2v) is 4.30. The van der Waals surface area contributed by atoms with Gasteiger partial charge in [-0.2, -0.15) is 0 Å². The van der Waals surface area contributed by atoms with E-state index >= 15 is 0 Å². The van der Waals surface area contributed by atoms with Crippen molar-refractivity contribution in [3.05, 3.63) is 5.82 Å². The van der Waals surface area contributed by atoms with Gasteiger partial charge in [0, 0.05) is 12.5 Å². The summed E-state index contributed by atoms with van der Waals surface area (Å²) < 4.78 is 7.16. The summed E-state index contributed by atoms with van der Waals surface area (Å²) in [6.07, 6.45) is 5.06. The van der Waals surface area contributed by atoms with E-state index in [0.717, 1.165) is 18.7 Å². The topological polar surface area (TPSA) is 77.2 Å². The van der Waals surface area contributed by atoms with Gasteiger partial charge in [0.25, 0.3) is 0 Å². The minimum absolute atomic E-state index is 0.0779. The molecule has 2 rings (SSSR count). The molecular weight excluding hydrogens is 222 g/mol. The second kappa shape index (κ2) is 5.16. The van der Waals surface area contributed by atoms with E-state index in [1.54, 1.807) is 7.11 Å². The molecule has 0 bridgehead atoms. The minimum atomic E-state index is -0.815. The van der Waals surface area contributed by atoms with Gasteiger partial charge >= 0.3 is 12.0 Å². The lowest BCUT2D eigenvalue weighted by molar-refractivity contribution is -0.137. The average Bonchev–Trinajstić information content (AvgIpc) is 2.94. The third kappa shape index (κ3) is 2.57. The summed E-state index contributed by atoms with van der Waals surface area (Å²) in [5.41, 5.74) is 0.